The van der Waals surface area contributed by atoms with Crippen LogP contribution in [0.15, 0.2) is 35.2 Å². The molecule has 1 aromatic rings. The van der Waals surface area contributed by atoms with Gasteiger partial charge in [0.1, 0.15) is 17.2 Å². The lowest BCUT2D eigenvalue weighted by Crippen LogP contribution is -2.35. The fourth-order valence-corrected chi connectivity index (χ4v) is 1.99. The molecule has 2 heterocycles. The van der Waals surface area contributed by atoms with Gasteiger partial charge in [0.2, 0.25) is 0 Å². The highest BCUT2D eigenvalue weighted by Gasteiger charge is 2.21. The topological polar surface area (TPSA) is 90.2 Å². The molecule has 2 rings (SSSR count). The standard InChI is InChI=1S/C14H19ClN4O3/c1-14(2,8-20)22-9-4-5-12(16-7-9)17-10-6-11(15)18-19(3)13(10)21/h4-7,13,20-21H,8H2,1-3H3,(H,16,17). The zero-order valence-electron chi connectivity index (χ0n) is 12.6. The van der Waals surface area contributed by atoms with Crippen molar-refractivity contribution in [3.63, 3.8) is 0 Å². The molecular weight excluding hydrogens is 308 g/mol. The molecule has 0 aliphatic carbocycles. The molecule has 3 N–H and O–H groups in total. The van der Waals surface area contributed by atoms with Gasteiger partial charge in [0, 0.05) is 13.1 Å². The second-order valence-corrected chi connectivity index (χ2v) is 5.88. The molecule has 1 aliphatic rings. The molecule has 120 valence electrons. The number of nitrogens with one attached hydrogen (secondary N) is 1. The molecule has 0 amide bonds. The number of hydrogen-bond acceptors (Lipinski definition) is 7. The van der Waals surface area contributed by atoms with Crippen LogP contribution < -0.4 is 10.1 Å². The summed E-state index contributed by atoms with van der Waals surface area (Å²) in [5.41, 5.74) is -0.204. The Balaban J connectivity index is 2.07. The van der Waals surface area contributed by atoms with E-state index in [0.29, 0.717) is 17.3 Å². The van der Waals surface area contributed by atoms with Crippen LogP contribution in [0.3, 0.4) is 0 Å². The van der Waals surface area contributed by atoms with Crippen molar-refractivity contribution in [3.8, 4) is 5.75 Å². The number of aliphatic hydroxyl groups excluding tert-OH is 2. The second-order valence-electron chi connectivity index (χ2n) is 5.49. The van der Waals surface area contributed by atoms with Gasteiger partial charge in [-0.15, -0.1) is 0 Å². The quantitative estimate of drug-likeness (QED) is 0.756. The molecule has 0 saturated heterocycles. The maximum atomic E-state index is 10.0. The SMILES string of the molecule is CN1N=C(Cl)C=C(Nc2ccc(OC(C)(C)CO)cn2)C1O. The first-order valence-corrected chi connectivity index (χ1v) is 7.08. The third kappa shape index (κ3) is 4.09. The van der Waals surface area contributed by atoms with Gasteiger partial charge >= 0.3 is 0 Å². The zero-order chi connectivity index (χ0) is 16.3. The van der Waals surface area contributed by atoms with E-state index in [0.717, 1.165) is 0 Å². The molecule has 0 spiro atoms. The highest BCUT2D eigenvalue weighted by molar-refractivity contribution is 6.68. The molecule has 0 fully saturated rings. The number of halogens is 1. The lowest BCUT2D eigenvalue weighted by Gasteiger charge is -2.27. The lowest BCUT2D eigenvalue weighted by atomic mass is 10.1. The van der Waals surface area contributed by atoms with Crippen LogP contribution in [0.4, 0.5) is 5.82 Å². The van der Waals surface area contributed by atoms with Gasteiger partial charge < -0.3 is 20.3 Å². The van der Waals surface area contributed by atoms with Gasteiger partial charge in [-0.1, -0.05) is 11.6 Å². The van der Waals surface area contributed by atoms with Gasteiger partial charge in [-0.2, -0.15) is 5.10 Å². The van der Waals surface area contributed by atoms with Gasteiger partial charge in [0.15, 0.2) is 11.4 Å². The van der Waals surface area contributed by atoms with Gasteiger partial charge in [0.25, 0.3) is 0 Å². The van der Waals surface area contributed by atoms with Crippen molar-refractivity contribution >= 4 is 22.6 Å². The number of pyridine rings is 1. The lowest BCUT2D eigenvalue weighted by molar-refractivity contribution is 0.0409. The number of allylic oxidation sites excluding steroid dienone is 1. The average molecular weight is 327 g/mol. The summed E-state index contributed by atoms with van der Waals surface area (Å²) in [5, 5.41) is 27.7. The number of anilines is 1. The summed E-state index contributed by atoms with van der Waals surface area (Å²) in [7, 11) is 1.61. The maximum Gasteiger partial charge on any atom is 0.183 e. The molecular formula is C14H19ClN4O3. The van der Waals surface area contributed by atoms with Crippen molar-refractivity contribution in [1.82, 2.24) is 9.99 Å². The fraction of sp³-hybridized carbons (Fsp3) is 0.429. The van der Waals surface area contributed by atoms with Crippen LogP contribution in [0.5, 0.6) is 5.75 Å². The first-order chi connectivity index (χ1) is 10.3. The van der Waals surface area contributed by atoms with E-state index in [-0.39, 0.29) is 11.8 Å². The van der Waals surface area contributed by atoms with E-state index < -0.39 is 11.8 Å². The Labute approximate surface area is 133 Å². The van der Waals surface area contributed by atoms with Crippen LogP contribution in [-0.2, 0) is 0 Å². The van der Waals surface area contributed by atoms with Crippen molar-refractivity contribution in [3.05, 3.63) is 30.1 Å². The highest BCUT2D eigenvalue weighted by atomic mass is 35.5. The van der Waals surface area contributed by atoms with Crippen molar-refractivity contribution in [2.75, 3.05) is 19.0 Å². The number of rotatable bonds is 5. The average Bonchev–Trinajstić information content (AvgIpc) is 2.46. The fourth-order valence-electron chi connectivity index (χ4n) is 1.75. The van der Waals surface area contributed by atoms with Crippen molar-refractivity contribution < 1.29 is 14.9 Å². The molecule has 0 bridgehead atoms. The van der Waals surface area contributed by atoms with Gasteiger partial charge in [-0.25, -0.2) is 4.98 Å². The zero-order valence-corrected chi connectivity index (χ0v) is 13.4. The Morgan fingerprint density at radius 3 is 2.77 bits per heavy atom. The molecule has 1 aliphatic heterocycles. The van der Waals surface area contributed by atoms with Crippen molar-refractivity contribution in [2.24, 2.45) is 5.10 Å². The monoisotopic (exact) mass is 326 g/mol. The third-order valence-corrected chi connectivity index (χ3v) is 3.13. The van der Waals surface area contributed by atoms with E-state index in [4.69, 9.17) is 16.3 Å². The van der Waals surface area contributed by atoms with Crippen molar-refractivity contribution in [1.29, 1.82) is 0 Å². The number of hydrazone groups is 1. The summed E-state index contributed by atoms with van der Waals surface area (Å²) < 4.78 is 5.60. The summed E-state index contributed by atoms with van der Waals surface area (Å²) >= 11 is 5.87. The number of nitrogens with zero attached hydrogens (tertiary/aromatic N) is 3. The molecule has 0 saturated carbocycles. The van der Waals surface area contributed by atoms with Gasteiger partial charge in [-0.3, -0.25) is 5.01 Å². The van der Waals surface area contributed by atoms with Crippen LogP contribution in [0.2, 0.25) is 0 Å². The summed E-state index contributed by atoms with van der Waals surface area (Å²) in [4.78, 5) is 4.20. The molecule has 1 unspecified atom stereocenters. The normalized spacial score (nSPS) is 18.6. The summed E-state index contributed by atoms with van der Waals surface area (Å²) in [6.07, 6.45) is 2.15. The summed E-state index contributed by atoms with van der Waals surface area (Å²) in [6, 6.07) is 3.43. The second kappa shape index (κ2) is 6.51. The first kappa shape index (κ1) is 16.5. The van der Waals surface area contributed by atoms with E-state index in [2.05, 4.69) is 15.4 Å². The highest BCUT2D eigenvalue weighted by Crippen LogP contribution is 2.21. The van der Waals surface area contributed by atoms with E-state index in [1.807, 2.05) is 0 Å². The van der Waals surface area contributed by atoms with E-state index >= 15 is 0 Å². The molecule has 0 aromatic carbocycles. The predicted octanol–water partition coefficient (Wildman–Crippen LogP) is 1.34. The number of hydrogen-bond donors (Lipinski definition) is 3. The van der Waals surface area contributed by atoms with Crippen LogP contribution in [0.1, 0.15) is 13.8 Å². The largest absolute Gasteiger partial charge is 0.484 e. The van der Waals surface area contributed by atoms with Crippen LogP contribution in [-0.4, -0.2) is 50.9 Å². The number of aromatic nitrogens is 1. The number of likely N-dealkylation sites (N-methyl/N-ethyl adjacent to an activating group) is 1. The van der Waals surface area contributed by atoms with E-state index in [1.54, 1.807) is 33.0 Å². The molecule has 1 atom stereocenters. The third-order valence-electron chi connectivity index (χ3n) is 2.94. The minimum absolute atomic E-state index is 0.101. The Bertz CT molecular complexity index is 586. The molecule has 8 heteroatoms. The molecule has 7 nitrogen and oxygen atoms in total. The molecule has 1 aromatic heterocycles. The molecule has 0 radical (unpaired) electrons. The van der Waals surface area contributed by atoms with Gasteiger partial charge in [0.05, 0.1) is 18.5 Å². The smallest absolute Gasteiger partial charge is 0.183 e. The van der Waals surface area contributed by atoms with Crippen molar-refractivity contribution in [2.45, 2.75) is 25.7 Å². The minimum atomic E-state index is -0.923. The Morgan fingerprint density at radius 1 is 1.45 bits per heavy atom. The Hall–Kier alpha value is -1.83. The predicted molar refractivity (Wildman–Crippen MR) is 84.8 cm³/mol. The van der Waals surface area contributed by atoms with E-state index in [9.17, 15) is 10.2 Å². The van der Waals surface area contributed by atoms with E-state index in [1.165, 1.54) is 17.3 Å². The van der Waals surface area contributed by atoms with Gasteiger partial charge in [-0.05, 0) is 26.0 Å². The number of aliphatic hydroxyl groups is 2. The Kier molecular flexibility index (Phi) is 4.90. The van der Waals surface area contributed by atoms with Crippen LogP contribution >= 0.6 is 11.6 Å². The number of ether oxygens (including phenoxy) is 1. The van der Waals surface area contributed by atoms with Crippen LogP contribution in [0, 0.1) is 0 Å². The van der Waals surface area contributed by atoms with Crippen LogP contribution in [0.25, 0.3) is 0 Å². The minimum Gasteiger partial charge on any atom is -0.484 e. The summed E-state index contributed by atoms with van der Waals surface area (Å²) in [5.74, 6) is 1.07. The first-order valence-electron chi connectivity index (χ1n) is 6.70. The summed E-state index contributed by atoms with van der Waals surface area (Å²) in [6.45, 7) is 3.45. The Morgan fingerprint density at radius 2 is 2.18 bits per heavy atom. The maximum absolute atomic E-state index is 10.0. The molecule has 22 heavy (non-hydrogen) atoms.